The van der Waals surface area contributed by atoms with Crippen molar-refractivity contribution >= 4 is 0 Å². The second-order valence-corrected chi connectivity index (χ2v) is 4.83. The van der Waals surface area contributed by atoms with E-state index in [4.69, 9.17) is 0 Å². The third-order valence-electron chi connectivity index (χ3n) is 3.58. The van der Waals surface area contributed by atoms with Gasteiger partial charge in [-0.05, 0) is 38.4 Å². The molecule has 2 aromatic rings. The largest absolute Gasteiger partial charge is 0.309 e. The summed E-state index contributed by atoms with van der Waals surface area (Å²) in [6.45, 7) is 3.15. The molecule has 0 saturated carbocycles. The lowest BCUT2D eigenvalue weighted by atomic mass is 10.0. The molecular weight excluding hydrogens is 224 g/mol. The maximum atomic E-state index is 4.57. The van der Waals surface area contributed by atoms with Crippen molar-refractivity contribution in [3.8, 4) is 11.3 Å². The smallest absolute Gasteiger partial charge is 0.0739 e. The van der Waals surface area contributed by atoms with Crippen LogP contribution in [0.15, 0.2) is 24.4 Å². The third-order valence-corrected chi connectivity index (χ3v) is 3.58. The van der Waals surface area contributed by atoms with Crippen molar-refractivity contribution in [3.05, 3.63) is 35.8 Å². The summed E-state index contributed by atoms with van der Waals surface area (Å²) in [6, 6.07) is 6.44. The zero-order valence-corrected chi connectivity index (χ0v) is 10.8. The second kappa shape index (κ2) is 4.53. The molecule has 0 radical (unpaired) electrons. The zero-order valence-electron chi connectivity index (χ0n) is 10.8. The normalized spacial score (nSPS) is 19.3. The molecule has 1 atom stereocenters. The number of pyridine rings is 1. The summed E-state index contributed by atoms with van der Waals surface area (Å²) in [7, 11) is 2.02. The monoisotopic (exact) mass is 242 g/mol. The Balaban J connectivity index is 2.13. The van der Waals surface area contributed by atoms with Crippen molar-refractivity contribution in [2.75, 3.05) is 6.54 Å². The lowest BCUT2D eigenvalue weighted by Gasteiger charge is -2.13. The van der Waals surface area contributed by atoms with Gasteiger partial charge in [-0.2, -0.15) is 5.10 Å². The molecule has 1 aliphatic rings. The summed E-state index contributed by atoms with van der Waals surface area (Å²) >= 11 is 0. The summed E-state index contributed by atoms with van der Waals surface area (Å²) in [5, 5.41) is 8.12. The molecule has 94 valence electrons. The highest BCUT2D eigenvalue weighted by atomic mass is 15.3. The van der Waals surface area contributed by atoms with E-state index in [1.807, 2.05) is 30.1 Å². The number of hydrogen-bond acceptors (Lipinski definition) is 3. The van der Waals surface area contributed by atoms with Gasteiger partial charge in [-0.25, -0.2) is 0 Å². The van der Waals surface area contributed by atoms with Gasteiger partial charge in [0.15, 0.2) is 0 Å². The van der Waals surface area contributed by atoms with Crippen LogP contribution < -0.4 is 5.32 Å². The Hall–Kier alpha value is -1.68. The molecule has 0 amide bonds. The Morgan fingerprint density at radius 3 is 2.94 bits per heavy atom. The van der Waals surface area contributed by atoms with Crippen molar-refractivity contribution < 1.29 is 0 Å². The average molecular weight is 242 g/mol. The Labute approximate surface area is 107 Å². The minimum Gasteiger partial charge on any atom is -0.309 e. The predicted molar refractivity (Wildman–Crippen MR) is 71.2 cm³/mol. The molecule has 1 saturated heterocycles. The van der Waals surface area contributed by atoms with Crippen LogP contribution in [0.3, 0.4) is 0 Å². The molecule has 0 aromatic carbocycles. The minimum atomic E-state index is 0.410. The van der Waals surface area contributed by atoms with Gasteiger partial charge >= 0.3 is 0 Å². The van der Waals surface area contributed by atoms with E-state index in [9.17, 15) is 0 Å². The zero-order chi connectivity index (χ0) is 12.5. The van der Waals surface area contributed by atoms with Crippen LogP contribution in [0.1, 0.15) is 30.3 Å². The molecule has 1 N–H and O–H groups in total. The minimum absolute atomic E-state index is 0.410. The standard InChI is InChI=1S/C14H18N4/c1-10-13(11-6-3-4-8-15-11)14(18(2)17-10)12-7-5-9-16-12/h3-4,6,8,12,16H,5,7,9H2,1-2H3. The fourth-order valence-corrected chi connectivity index (χ4v) is 2.82. The van der Waals surface area contributed by atoms with E-state index < -0.39 is 0 Å². The summed E-state index contributed by atoms with van der Waals surface area (Å²) in [4.78, 5) is 4.47. The van der Waals surface area contributed by atoms with E-state index in [2.05, 4.69) is 28.4 Å². The molecule has 1 fully saturated rings. The van der Waals surface area contributed by atoms with Gasteiger partial charge in [-0.1, -0.05) is 6.07 Å². The molecule has 3 heterocycles. The van der Waals surface area contributed by atoms with Crippen molar-refractivity contribution in [2.24, 2.45) is 7.05 Å². The lowest BCUT2D eigenvalue weighted by Crippen LogP contribution is -2.17. The molecule has 0 spiro atoms. The number of nitrogens with one attached hydrogen (secondary N) is 1. The quantitative estimate of drug-likeness (QED) is 0.878. The molecule has 18 heavy (non-hydrogen) atoms. The van der Waals surface area contributed by atoms with Crippen molar-refractivity contribution in [1.82, 2.24) is 20.1 Å². The van der Waals surface area contributed by atoms with Crippen molar-refractivity contribution in [1.29, 1.82) is 0 Å². The van der Waals surface area contributed by atoms with Crippen LogP contribution >= 0.6 is 0 Å². The maximum absolute atomic E-state index is 4.57. The second-order valence-electron chi connectivity index (χ2n) is 4.83. The number of aryl methyl sites for hydroxylation is 2. The number of aromatic nitrogens is 3. The van der Waals surface area contributed by atoms with Crippen LogP contribution in [0.4, 0.5) is 0 Å². The van der Waals surface area contributed by atoms with E-state index in [0.29, 0.717) is 6.04 Å². The first-order chi connectivity index (χ1) is 8.77. The fraction of sp³-hybridized carbons (Fsp3) is 0.429. The topological polar surface area (TPSA) is 42.7 Å². The average Bonchev–Trinajstić information content (AvgIpc) is 2.97. The molecule has 0 aliphatic carbocycles. The predicted octanol–water partition coefficient (Wildman–Crippen LogP) is 2.22. The van der Waals surface area contributed by atoms with Crippen molar-refractivity contribution in [2.45, 2.75) is 25.8 Å². The maximum Gasteiger partial charge on any atom is 0.0739 e. The van der Waals surface area contributed by atoms with Gasteiger partial charge < -0.3 is 5.32 Å². The molecule has 3 rings (SSSR count). The molecule has 0 bridgehead atoms. The van der Waals surface area contributed by atoms with Gasteiger partial charge in [0.25, 0.3) is 0 Å². The van der Waals surface area contributed by atoms with Crippen molar-refractivity contribution in [3.63, 3.8) is 0 Å². The lowest BCUT2D eigenvalue weighted by molar-refractivity contribution is 0.574. The SMILES string of the molecule is Cc1nn(C)c(C2CCCN2)c1-c1ccccn1. The highest BCUT2D eigenvalue weighted by Gasteiger charge is 2.25. The van der Waals surface area contributed by atoms with E-state index in [1.54, 1.807) is 0 Å². The van der Waals surface area contributed by atoms with Gasteiger partial charge in [-0.3, -0.25) is 9.67 Å². The number of rotatable bonds is 2. The van der Waals surface area contributed by atoms with Crippen LogP contribution in [0.2, 0.25) is 0 Å². The van der Waals surface area contributed by atoms with Gasteiger partial charge in [0, 0.05) is 24.8 Å². The first kappa shape index (κ1) is 11.4. The Bertz CT molecular complexity index is 538. The van der Waals surface area contributed by atoms with Gasteiger partial charge in [0.2, 0.25) is 0 Å². The highest BCUT2D eigenvalue weighted by Crippen LogP contribution is 2.33. The third kappa shape index (κ3) is 1.82. The first-order valence-electron chi connectivity index (χ1n) is 6.45. The highest BCUT2D eigenvalue weighted by molar-refractivity contribution is 5.65. The number of nitrogens with zero attached hydrogens (tertiary/aromatic N) is 3. The summed E-state index contributed by atoms with van der Waals surface area (Å²) in [5.41, 5.74) is 4.54. The van der Waals surface area contributed by atoms with Gasteiger partial charge in [0.1, 0.15) is 0 Å². The Morgan fingerprint density at radius 2 is 2.28 bits per heavy atom. The van der Waals surface area contributed by atoms with E-state index in [0.717, 1.165) is 17.9 Å². The van der Waals surface area contributed by atoms with Crippen LogP contribution in [-0.4, -0.2) is 21.3 Å². The molecule has 4 nitrogen and oxygen atoms in total. The van der Waals surface area contributed by atoms with E-state index in [-0.39, 0.29) is 0 Å². The summed E-state index contributed by atoms with van der Waals surface area (Å²) in [6.07, 6.45) is 4.25. The van der Waals surface area contributed by atoms with E-state index >= 15 is 0 Å². The van der Waals surface area contributed by atoms with Crippen LogP contribution in [-0.2, 0) is 7.05 Å². The van der Waals surface area contributed by atoms with Crippen LogP contribution in [0.25, 0.3) is 11.3 Å². The fourth-order valence-electron chi connectivity index (χ4n) is 2.82. The van der Waals surface area contributed by atoms with Gasteiger partial charge in [-0.15, -0.1) is 0 Å². The Kier molecular flexibility index (Phi) is 2.88. The molecule has 1 aliphatic heterocycles. The van der Waals surface area contributed by atoms with E-state index in [1.165, 1.54) is 24.1 Å². The number of hydrogen-bond donors (Lipinski definition) is 1. The first-order valence-corrected chi connectivity index (χ1v) is 6.45. The van der Waals surface area contributed by atoms with Gasteiger partial charge in [0.05, 0.1) is 17.1 Å². The Morgan fingerprint density at radius 1 is 1.39 bits per heavy atom. The van der Waals surface area contributed by atoms with Crippen LogP contribution in [0, 0.1) is 6.92 Å². The van der Waals surface area contributed by atoms with Crippen LogP contribution in [0.5, 0.6) is 0 Å². The molecular formula is C14H18N4. The molecule has 1 unspecified atom stereocenters. The molecule has 4 heteroatoms. The summed E-state index contributed by atoms with van der Waals surface area (Å²) in [5.74, 6) is 0. The summed E-state index contributed by atoms with van der Waals surface area (Å²) < 4.78 is 2.00. The molecule has 2 aromatic heterocycles.